The molecule has 13 heavy (non-hydrogen) atoms. The molecule has 0 unspecified atom stereocenters. The molecule has 0 saturated carbocycles. The fraction of sp³-hybridized carbons (Fsp3) is 0.200. The maximum Gasteiger partial charge on any atom is 0.156 e. The molecule has 1 aromatic rings. The fourth-order valence-corrected chi connectivity index (χ4v) is 2.16. The summed E-state index contributed by atoms with van der Waals surface area (Å²) in [4.78, 5) is 17.2. The molecule has 0 aliphatic heterocycles. The molecule has 2 nitrogen and oxygen atoms in total. The van der Waals surface area contributed by atoms with Crippen molar-refractivity contribution in [2.24, 2.45) is 0 Å². The van der Waals surface area contributed by atoms with Crippen molar-refractivity contribution in [2.75, 3.05) is 0 Å². The zero-order valence-corrected chi connectivity index (χ0v) is 7.88. The number of nitrogens with zero attached hydrogens (tertiary/aromatic N) is 1. The summed E-state index contributed by atoms with van der Waals surface area (Å²) in [6, 6.07) is 3.91. The Kier molecular flexibility index (Phi) is 2.45. The van der Waals surface area contributed by atoms with Gasteiger partial charge in [-0.1, -0.05) is 11.8 Å². The number of thioether (sulfide) groups is 1. The maximum absolute atomic E-state index is 10.9. The Morgan fingerprint density at radius 3 is 2.62 bits per heavy atom. The van der Waals surface area contributed by atoms with E-state index < -0.39 is 0 Å². The number of hydrogen-bond acceptors (Lipinski definition) is 3. The Labute approximate surface area is 81.1 Å². The first-order valence-corrected chi connectivity index (χ1v) is 4.97. The first-order valence-electron chi connectivity index (χ1n) is 4.16. The largest absolute Gasteiger partial charge is 0.295 e. The SMILES string of the molecule is O=C1C=C(Sc2ccncc2)CC1. The molecule has 3 heteroatoms. The molecule has 0 bridgehead atoms. The predicted molar refractivity (Wildman–Crippen MR) is 52.4 cm³/mol. The Bertz CT molecular complexity index is 345. The van der Waals surface area contributed by atoms with E-state index in [-0.39, 0.29) is 5.78 Å². The molecule has 0 saturated heterocycles. The Hall–Kier alpha value is -1.09. The summed E-state index contributed by atoms with van der Waals surface area (Å²) in [5.41, 5.74) is 0. The van der Waals surface area contributed by atoms with Gasteiger partial charge in [-0.3, -0.25) is 9.78 Å². The summed E-state index contributed by atoms with van der Waals surface area (Å²) in [6.45, 7) is 0. The van der Waals surface area contributed by atoms with E-state index in [1.54, 1.807) is 30.2 Å². The van der Waals surface area contributed by atoms with Crippen molar-refractivity contribution >= 4 is 17.5 Å². The molecular weight excluding hydrogens is 182 g/mol. The monoisotopic (exact) mass is 191 g/mol. The molecule has 1 aliphatic rings. The van der Waals surface area contributed by atoms with E-state index in [1.165, 1.54) is 0 Å². The summed E-state index contributed by atoms with van der Waals surface area (Å²) in [6.07, 6.45) is 6.84. The number of ketones is 1. The van der Waals surface area contributed by atoms with Crippen molar-refractivity contribution in [2.45, 2.75) is 17.7 Å². The van der Waals surface area contributed by atoms with Gasteiger partial charge in [0.05, 0.1) is 0 Å². The highest BCUT2D eigenvalue weighted by Crippen LogP contribution is 2.32. The summed E-state index contributed by atoms with van der Waals surface area (Å²) >= 11 is 1.66. The van der Waals surface area contributed by atoms with Gasteiger partial charge in [-0.2, -0.15) is 0 Å². The van der Waals surface area contributed by atoms with Gasteiger partial charge in [0.15, 0.2) is 5.78 Å². The molecule has 0 N–H and O–H groups in total. The number of hydrogen-bond donors (Lipinski definition) is 0. The molecule has 66 valence electrons. The van der Waals surface area contributed by atoms with Crippen LogP contribution in [-0.4, -0.2) is 10.8 Å². The Balaban J connectivity index is 2.07. The van der Waals surface area contributed by atoms with Crippen LogP contribution in [0.1, 0.15) is 12.8 Å². The molecule has 0 aromatic carbocycles. The van der Waals surface area contributed by atoms with Crippen LogP contribution in [0.15, 0.2) is 40.4 Å². The fourth-order valence-electron chi connectivity index (χ4n) is 1.21. The van der Waals surface area contributed by atoms with Crippen LogP contribution in [0.25, 0.3) is 0 Å². The zero-order valence-electron chi connectivity index (χ0n) is 7.06. The third-order valence-corrected chi connectivity index (χ3v) is 2.93. The van der Waals surface area contributed by atoms with Gasteiger partial charge in [0.25, 0.3) is 0 Å². The maximum atomic E-state index is 10.9. The summed E-state index contributed by atoms with van der Waals surface area (Å²) in [5, 5.41) is 0. The molecule has 1 aromatic heterocycles. The lowest BCUT2D eigenvalue weighted by molar-refractivity contribution is -0.114. The lowest BCUT2D eigenvalue weighted by atomic mass is 10.3. The minimum Gasteiger partial charge on any atom is -0.295 e. The van der Waals surface area contributed by atoms with Crippen molar-refractivity contribution in [1.29, 1.82) is 0 Å². The van der Waals surface area contributed by atoms with E-state index in [1.807, 2.05) is 12.1 Å². The number of allylic oxidation sites excluding steroid dienone is 2. The van der Waals surface area contributed by atoms with E-state index >= 15 is 0 Å². The predicted octanol–water partition coefficient (Wildman–Crippen LogP) is 2.42. The molecule has 0 fully saturated rings. The highest BCUT2D eigenvalue weighted by molar-refractivity contribution is 8.03. The molecule has 0 amide bonds. The second kappa shape index (κ2) is 3.75. The normalized spacial score (nSPS) is 16.0. The number of aromatic nitrogens is 1. The van der Waals surface area contributed by atoms with E-state index in [9.17, 15) is 4.79 Å². The molecule has 1 aliphatic carbocycles. The van der Waals surface area contributed by atoms with Gasteiger partial charge in [0.2, 0.25) is 0 Å². The summed E-state index contributed by atoms with van der Waals surface area (Å²) in [7, 11) is 0. The minimum atomic E-state index is 0.247. The topological polar surface area (TPSA) is 30.0 Å². The lowest BCUT2D eigenvalue weighted by Crippen LogP contribution is -1.80. The zero-order chi connectivity index (χ0) is 9.10. The van der Waals surface area contributed by atoms with Crippen molar-refractivity contribution in [3.63, 3.8) is 0 Å². The van der Waals surface area contributed by atoms with Gasteiger partial charge in [0, 0.05) is 23.7 Å². The van der Waals surface area contributed by atoms with Crippen LogP contribution in [0.3, 0.4) is 0 Å². The van der Waals surface area contributed by atoms with E-state index in [2.05, 4.69) is 4.98 Å². The second-order valence-electron chi connectivity index (χ2n) is 2.86. The summed E-state index contributed by atoms with van der Waals surface area (Å²) in [5.74, 6) is 0.247. The third kappa shape index (κ3) is 2.18. The van der Waals surface area contributed by atoms with E-state index in [0.29, 0.717) is 6.42 Å². The number of carbonyl (C=O) groups is 1. The lowest BCUT2D eigenvalue weighted by Gasteiger charge is -1.99. The molecule has 0 atom stereocenters. The van der Waals surface area contributed by atoms with Crippen molar-refractivity contribution < 1.29 is 4.79 Å². The van der Waals surface area contributed by atoms with Crippen LogP contribution in [0.2, 0.25) is 0 Å². The Morgan fingerprint density at radius 1 is 1.23 bits per heavy atom. The average Bonchev–Trinajstić information content (AvgIpc) is 2.53. The van der Waals surface area contributed by atoms with E-state index in [0.717, 1.165) is 16.2 Å². The minimum absolute atomic E-state index is 0.247. The molecule has 2 rings (SSSR count). The summed E-state index contributed by atoms with van der Waals surface area (Å²) < 4.78 is 0. The first kappa shape index (κ1) is 8.51. The van der Waals surface area contributed by atoms with Crippen molar-refractivity contribution in [3.8, 4) is 0 Å². The van der Waals surface area contributed by atoms with Crippen LogP contribution in [-0.2, 0) is 4.79 Å². The quantitative estimate of drug-likeness (QED) is 0.719. The number of pyridine rings is 1. The number of carbonyl (C=O) groups excluding carboxylic acids is 1. The number of rotatable bonds is 2. The molecule has 0 spiro atoms. The molecule has 0 radical (unpaired) electrons. The van der Waals surface area contributed by atoms with Crippen LogP contribution < -0.4 is 0 Å². The van der Waals surface area contributed by atoms with Crippen LogP contribution in [0, 0.1) is 0 Å². The van der Waals surface area contributed by atoms with Crippen LogP contribution >= 0.6 is 11.8 Å². The second-order valence-corrected chi connectivity index (χ2v) is 4.06. The van der Waals surface area contributed by atoms with Gasteiger partial charge in [0.1, 0.15) is 0 Å². The van der Waals surface area contributed by atoms with Gasteiger partial charge >= 0.3 is 0 Å². The Morgan fingerprint density at radius 2 is 2.00 bits per heavy atom. The first-order chi connectivity index (χ1) is 6.34. The van der Waals surface area contributed by atoms with E-state index in [4.69, 9.17) is 0 Å². The third-order valence-electron chi connectivity index (χ3n) is 1.84. The van der Waals surface area contributed by atoms with Crippen molar-refractivity contribution in [1.82, 2.24) is 4.98 Å². The van der Waals surface area contributed by atoms with Crippen molar-refractivity contribution in [3.05, 3.63) is 35.5 Å². The molecule has 1 heterocycles. The van der Waals surface area contributed by atoms with Gasteiger partial charge in [-0.25, -0.2) is 0 Å². The van der Waals surface area contributed by atoms with Crippen LogP contribution in [0.4, 0.5) is 0 Å². The van der Waals surface area contributed by atoms with Gasteiger partial charge in [-0.05, 0) is 29.5 Å². The molecular formula is C10H9NOS. The highest BCUT2D eigenvalue weighted by atomic mass is 32.2. The standard InChI is InChI=1S/C10H9NOS/c12-8-1-2-10(7-8)13-9-3-5-11-6-4-9/h3-7H,1-2H2. The smallest absolute Gasteiger partial charge is 0.156 e. The van der Waals surface area contributed by atoms with Gasteiger partial charge in [-0.15, -0.1) is 0 Å². The van der Waals surface area contributed by atoms with Gasteiger partial charge < -0.3 is 0 Å². The average molecular weight is 191 g/mol. The van der Waals surface area contributed by atoms with Crippen LogP contribution in [0.5, 0.6) is 0 Å². The highest BCUT2D eigenvalue weighted by Gasteiger charge is 2.12.